The third-order valence-electron chi connectivity index (χ3n) is 2.88. The van der Waals surface area contributed by atoms with Crippen LogP contribution in [0.2, 0.25) is 0 Å². The minimum atomic E-state index is 0. The van der Waals surface area contributed by atoms with Crippen molar-refractivity contribution in [2.75, 3.05) is 13.6 Å². The minimum absolute atomic E-state index is 0. The molecule has 2 heterocycles. The summed E-state index contributed by atoms with van der Waals surface area (Å²) in [6.07, 6.45) is 2.81. The Morgan fingerprint density at radius 2 is 2.19 bits per heavy atom. The van der Waals surface area contributed by atoms with E-state index in [-0.39, 0.29) is 24.0 Å². The highest BCUT2D eigenvalue weighted by molar-refractivity contribution is 14.1. The summed E-state index contributed by atoms with van der Waals surface area (Å²) in [5, 5.41) is 10.7. The molecule has 0 aliphatic carbocycles. The van der Waals surface area contributed by atoms with Gasteiger partial charge in [0, 0.05) is 31.7 Å². The van der Waals surface area contributed by atoms with Crippen LogP contribution in [0, 0.1) is 2.88 Å². The van der Waals surface area contributed by atoms with Gasteiger partial charge in [-0.05, 0) is 47.2 Å². The van der Waals surface area contributed by atoms with Crippen LogP contribution in [-0.2, 0) is 20.0 Å². The normalized spacial score (nSPS) is 11.1. The van der Waals surface area contributed by atoms with Crippen molar-refractivity contribution in [2.24, 2.45) is 12.0 Å². The molecule has 0 spiro atoms. The number of nitrogens with one attached hydrogen (secondary N) is 2. The van der Waals surface area contributed by atoms with E-state index in [1.165, 1.54) is 7.76 Å². The Balaban J connectivity index is 0.00000220. The highest BCUT2D eigenvalue weighted by atomic mass is 127. The molecular formula is C13H19I2N5S. The summed E-state index contributed by atoms with van der Waals surface area (Å²) in [4.78, 5) is 5.61. The van der Waals surface area contributed by atoms with Crippen LogP contribution >= 0.6 is 57.9 Å². The number of thiophene rings is 1. The lowest BCUT2D eigenvalue weighted by molar-refractivity contribution is 0.684. The van der Waals surface area contributed by atoms with Gasteiger partial charge in [-0.25, -0.2) is 0 Å². The summed E-state index contributed by atoms with van der Waals surface area (Å²) in [6.45, 7) is 1.59. The molecule has 0 radical (unpaired) electrons. The smallest absolute Gasteiger partial charge is 0.191 e. The summed E-state index contributed by atoms with van der Waals surface area (Å²) in [5.74, 6) is 0.817. The third kappa shape index (κ3) is 6.10. The molecule has 21 heavy (non-hydrogen) atoms. The van der Waals surface area contributed by atoms with Gasteiger partial charge < -0.3 is 10.6 Å². The predicted octanol–water partition coefficient (Wildman–Crippen LogP) is 2.61. The lowest BCUT2D eigenvalue weighted by atomic mass is 10.3. The van der Waals surface area contributed by atoms with Gasteiger partial charge in [0.25, 0.3) is 0 Å². The number of nitrogens with zero attached hydrogens (tertiary/aromatic N) is 3. The second-order valence-electron chi connectivity index (χ2n) is 4.25. The topological polar surface area (TPSA) is 54.2 Å². The summed E-state index contributed by atoms with van der Waals surface area (Å²) in [6, 6.07) is 6.32. The Morgan fingerprint density at radius 1 is 1.38 bits per heavy atom. The van der Waals surface area contributed by atoms with E-state index in [1.54, 1.807) is 13.2 Å². The first-order chi connectivity index (χ1) is 9.69. The van der Waals surface area contributed by atoms with Gasteiger partial charge in [-0.1, -0.05) is 0 Å². The average Bonchev–Trinajstić information content (AvgIpc) is 3.03. The van der Waals surface area contributed by atoms with Crippen molar-refractivity contribution in [1.29, 1.82) is 0 Å². The molecule has 5 nitrogen and oxygen atoms in total. The van der Waals surface area contributed by atoms with Crippen molar-refractivity contribution < 1.29 is 0 Å². The monoisotopic (exact) mass is 531 g/mol. The molecule has 2 rings (SSSR count). The van der Waals surface area contributed by atoms with Crippen LogP contribution in [0.5, 0.6) is 0 Å². The summed E-state index contributed by atoms with van der Waals surface area (Å²) in [7, 11) is 3.72. The highest BCUT2D eigenvalue weighted by Crippen LogP contribution is 2.18. The SMILES string of the molecule is CN=C(NCCc1ccc(I)s1)NCc1ccnn1C.I. The molecule has 0 aromatic carbocycles. The van der Waals surface area contributed by atoms with Crippen molar-refractivity contribution in [2.45, 2.75) is 13.0 Å². The second kappa shape index (κ2) is 9.62. The van der Waals surface area contributed by atoms with Crippen LogP contribution in [0.25, 0.3) is 0 Å². The van der Waals surface area contributed by atoms with Gasteiger partial charge in [0.2, 0.25) is 0 Å². The van der Waals surface area contributed by atoms with Gasteiger partial charge in [-0.2, -0.15) is 5.10 Å². The van der Waals surface area contributed by atoms with E-state index in [1.807, 2.05) is 29.1 Å². The van der Waals surface area contributed by atoms with E-state index < -0.39 is 0 Å². The van der Waals surface area contributed by atoms with Gasteiger partial charge in [0.05, 0.1) is 15.1 Å². The molecule has 0 fully saturated rings. The van der Waals surface area contributed by atoms with Crippen LogP contribution in [-0.4, -0.2) is 29.3 Å². The zero-order chi connectivity index (χ0) is 14.4. The average molecular weight is 531 g/mol. The van der Waals surface area contributed by atoms with Crippen LogP contribution in [0.1, 0.15) is 10.6 Å². The predicted molar refractivity (Wildman–Crippen MR) is 108 cm³/mol. The van der Waals surface area contributed by atoms with E-state index in [2.05, 4.69) is 55.4 Å². The molecule has 2 N–H and O–H groups in total. The molecule has 0 saturated heterocycles. The maximum atomic E-state index is 4.22. The summed E-state index contributed by atoms with van der Waals surface area (Å²) >= 11 is 4.18. The van der Waals surface area contributed by atoms with Crippen LogP contribution in [0.4, 0.5) is 0 Å². The lowest BCUT2D eigenvalue weighted by Crippen LogP contribution is -2.38. The van der Waals surface area contributed by atoms with E-state index in [4.69, 9.17) is 0 Å². The molecule has 116 valence electrons. The fourth-order valence-electron chi connectivity index (χ4n) is 1.76. The first-order valence-corrected chi connectivity index (χ1v) is 8.24. The zero-order valence-electron chi connectivity index (χ0n) is 12.0. The van der Waals surface area contributed by atoms with E-state index in [9.17, 15) is 0 Å². The number of aromatic nitrogens is 2. The van der Waals surface area contributed by atoms with Crippen LogP contribution in [0.3, 0.4) is 0 Å². The van der Waals surface area contributed by atoms with Gasteiger partial charge in [0.1, 0.15) is 0 Å². The number of aryl methyl sites for hydroxylation is 1. The molecule has 0 amide bonds. The quantitative estimate of drug-likeness (QED) is 0.355. The van der Waals surface area contributed by atoms with Gasteiger partial charge in [-0.15, -0.1) is 35.3 Å². The van der Waals surface area contributed by atoms with Gasteiger partial charge in [0.15, 0.2) is 5.96 Å². The number of rotatable bonds is 5. The number of hydrogen-bond donors (Lipinski definition) is 2. The molecule has 0 saturated carbocycles. The maximum Gasteiger partial charge on any atom is 0.191 e. The van der Waals surface area contributed by atoms with Crippen LogP contribution < -0.4 is 10.6 Å². The first-order valence-electron chi connectivity index (χ1n) is 6.34. The van der Waals surface area contributed by atoms with E-state index in [0.29, 0.717) is 6.54 Å². The Morgan fingerprint density at radius 3 is 2.76 bits per heavy atom. The lowest BCUT2D eigenvalue weighted by Gasteiger charge is -2.11. The number of halogens is 2. The number of guanidine groups is 1. The Hall–Kier alpha value is -0.360. The molecule has 0 atom stereocenters. The van der Waals surface area contributed by atoms with Crippen molar-refractivity contribution in [3.63, 3.8) is 0 Å². The van der Waals surface area contributed by atoms with E-state index in [0.717, 1.165) is 24.6 Å². The molecule has 8 heteroatoms. The van der Waals surface area contributed by atoms with Crippen molar-refractivity contribution >= 4 is 63.9 Å². The summed E-state index contributed by atoms with van der Waals surface area (Å²) in [5.41, 5.74) is 1.13. The largest absolute Gasteiger partial charge is 0.356 e. The Bertz CT molecular complexity index is 579. The molecule has 2 aromatic heterocycles. The molecule has 0 aliphatic rings. The van der Waals surface area contributed by atoms with E-state index >= 15 is 0 Å². The molecule has 0 aliphatic heterocycles. The first kappa shape index (κ1) is 18.7. The van der Waals surface area contributed by atoms with Crippen molar-refractivity contribution in [3.05, 3.63) is 37.9 Å². The second-order valence-corrected chi connectivity index (χ2v) is 7.32. The third-order valence-corrected chi connectivity index (χ3v) is 4.83. The number of hydrogen-bond acceptors (Lipinski definition) is 3. The fraction of sp³-hybridized carbons (Fsp3) is 0.385. The minimum Gasteiger partial charge on any atom is -0.356 e. The van der Waals surface area contributed by atoms with Crippen molar-refractivity contribution in [3.8, 4) is 0 Å². The van der Waals surface area contributed by atoms with Gasteiger partial charge in [-0.3, -0.25) is 9.67 Å². The zero-order valence-corrected chi connectivity index (χ0v) is 17.3. The standard InChI is InChI=1S/C13H18IN5S.HI/c1-15-13(17-9-10-5-8-18-19(10)2)16-7-6-11-3-4-12(14)20-11;/h3-5,8H,6-7,9H2,1-2H3,(H2,15,16,17);1H. The van der Waals surface area contributed by atoms with Crippen molar-refractivity contribution in [1.82, 2.24) is 20.4 Å². The Labute approximate surface area is 159 Å². The Kier molecular flexibility index (Phi) is 8.56. The molecule has 2 aromatic rings. The van der Waals surface area contributed by atoms with Crippen LogP contribution in [0.15, 0.2) is 29.4 Å². The maximum absolute atomic E-state index is 4.22. The fourth-order valence-corrected chi connectivity index (χ4v) is 3.51. The number of aliphatic imine (C=N–C) groups is 1. The molecular weight excluding hydrogens is 512 g/mol. The summed E-state index contributed by atoms with van der Waals surface area (Å²) < 4.78 is 3.18. The molecule has 0 bridgehead atoms. The molecule has 0 unspecified atom stereocenters. The van der Waals surface area contributed by atoms with Gasteiger partial charge >= 0.3 is 0 Å². The highest BCUT2D eigenvalue weighted by Gasteiger charge is 2.02.